The minimum atomic E-state index is -0.320. The fourth-order valence-electron chi connectivity index (χ4n) is 2.85. The molecule has 1 fully saturated rings. The molecule has 0 unspecified atom stereocenters. The highest BCUT2D eigenvalue weighted by atomic mass is 16.5. The van der Waals surface area contributed by atoms with Gasteiger partial charge in [0.15, 0.2) is 5.82 Å². The predicted molar refractivity (Wildman–Crippen MR) is 93.9 cm³/mol. The highest BCUT2D eigenvalue weighted by molar-refractivity contribution is 5.95. The molecule has 1 N–H and O–H groups in total. The second-order valence-electron chi connectivity index (χ2n) is 5.82. The largest absolute Gasteiger partial charge is 0.497 e. The number of nitrogens with zero attached hydrogens (tertiary/aromatic N) is 3. The summed E-state index contributed by atoms with van der Waals surface area (Å²) in [6, 6.07) is 8.69. The minimum Gasteiger partial charge on any atom is -0.497 e. The maximum absolute atomic E-state index is 13.0. The first-order chi connectivity index (χ1) is 12.1. The molecule has 7 nitrogen and oxygen atoms in total. The zero-order chi connectivity index (χ0) is 17.8. The normalized spacial score (nSPS) is 17.2. The molecule has 1 atom stereocenters. The first kappa shape index (κ1) is 17.2. The molecule has 0 bridgehead atoms. The molecule has 1 aliphatic heterocycles. The Hall–Kier alpha value is -2.67. The van der Waals surface area contributed by atoms with Crippen molar-refractivity contribution in [2.24, 2.45) is 0 Å². The average Bonchev–Trinajstić information content (AvgIpc) is 2.67. The van der Waals surface area contributed by atoms with E-state index in [-0.39, 0.29) is 11.9 Å². The van der Waals surface area contributed by atoms with Gasteiger partial charge in [-0.1, -0.05) is 6.07 Å². The summed E-state index contributed by atoms with van der Waals surface area (Å²) in [5.41, 5.74) is 1.42. The molecule has 1 aromatic heterocycles. The van der Waals surface area contributed by atoms with E-state index >= 15 is 0 Å². The van der Waals surface area contributed by atoms with E-state index in [1.54, 1.807) is 24.1 Å². The van der Waals surface area contributed by atoms with Crippen LogP contribution in [0.15, 0.2) is 30.3 Å². The Bertz CT molecular complexity index is 766. The number of hydrogen-bond acceptors (Lipinski definition) is 6. The second-order valence-corrected chi connectivity index (χ2v) is 5.82. The Morgan fingerprint density at radius 1 is 1.36 bits per heavy atom. The lowest BCUT2D eigenvalue weighted by atomic mass is 10.1. The molecule has 1 amide bonds. The van der Waals surface area contributed by atoms with Crippen LogP contribution in [0.1, 0.15) is 27.9 Å². The molecule has 1 aromatic carbocycles. The molecule has 3 rings (SSSR count). The third kappa shape index (κ3) is 3.71. The standard InChI is InChI=1S/C18H22N4O3/c1-12-9-16(19-2)21-17(20-12)15-11-25-8-7-22(15)18(23)13-5-4-6-14(10-13)24-3/h4-6,9-10,15H,7-8,11H2,1-3H3,(H,19,20,21)/t15-/m1/s1. The summed E-state index contributed by atoms with van der Waals surface area (Å²) in [5, 5.41) is 3.03. The second kappa shape index (κ2) is 7.48. The molecule has 7 heteroatoms. The van der Waals surface area contributed by atoms with Gasteiger partial charge in [-0.05, 0) is 25.1 Å². The molecule has 2 aromatic rings. The zero-order valence-electron chi connectivity index (χ0n) is 14.7. The molecule has 1 aliphatic rings. The van der Waals surface area contributed by atoms with Crippen molar-refractivity contribution in [1.82, 2.24) is 14.9 Å². The summed E-state index contributed by atoms with van der Waals surface area (Å²) >= 11 is 0. The van der Waals surface area contributed by atoms with Gasteiger partial charge in [-0.3, -0.25) is 4.79 Å². The lowest BCUT2D eigenvalue weighted by molar-refractivity contribution is -0.00524. The fraction of sp³-hybridized carbons (Fsp3) is 0.389. The number of morpholine rings is 1. The van der Waals surface area contributed by atoms with E-state index in [0.29, 0.717) is 36.9 Å². The highest BCUT2D eigenvalue weighted by Gasteiger charge is 2.31. The maximum atomic E-state index is 13.0. The number of rotatable bonds is 4. The molecule has 0 saturated carbocycles. The number of ether oxygens (including phenoxy) is 2. The lowest BCUT2D eigenvalue weighted by Crippen LogP contribution is -2.44. The van der Waals surface area contributed by atoms with Crippen molar-refractivity contribution in [3.05, 3.63) is 47.4 Å². The lowest BCUT2D eigenvalue weighted by Gasteiger charge is -2.35. The topological polar surface area (TPSA) is 76.6 Å². The summed E-state index contributed by atoms with van der Waals surface area (Å²) in [6.07, 6.45) is 0. The number of aromatic nitrogens is 2. The van der Waals surface area contributed by atoms with Crippen molar-refractivity contribution in [2.75, 3.05) is 39.2 Å². The van der Waals surface area contributed by atoms with Gasteiger partial charge >= 0.3 is 0 Å². The summed E-state index contributed by atoms with van der Waals surface area (Å²) in [7, 11) is 3.39. The van der Waals surface area contributed by atoms with Gasteiger partial charge in [0.1, 0.15) is 17.6 Å². The minimum absolute atomic E-state index is 0.0803. The zero-order valence-corrected chi connectivity index (χ0v) is 14.7. The molecule has 1 saturated heterocycles. The van der Waals surface area contributed by atoms with E-state index in [0.717, 1.165) is 11.5 Å². The van der Waals surface area contributed by atoms with Crippen LogP contribution < -0.4 is 10.1 Å². The van der Waals surface area contributed by atoms with Crippen LogP contribution in [0, 0.1) is 6.92 Å². The smallest absolute Gasteiger partial charge is 0.254 e. The van der Waals surface area contributed by atoms with Crippen molar-refractivity contribution in [3.63, 3.8) is 0 Å². The van der Waals surface area contributed by atoms with Crippen LogP contribution in [-0.2, 0) is 4.74 Å². The molecular weight excluding hydrogens is 320 g/mol. The average molecular weight is 342 g/mol. The number of benzene rings is 1. The Morgan fingerprint density at radius 2 is 2.20 bits per heavy atom. The van der Waals surface area contributed by atoms with Crippen LogP contribution in [0.4, 0.5) is 5.82 Å². The van der Waals surface area contributed by atoms with E-state index < -0.39 is 0 Å². The van der Waals surface area contributed by atoms with E-state index in [2.05, 4.69) is 15.3 Å². The van der Waals surface area contributed by atoms with E-state index in [9.17, 15) is 4.79 Å². The predicted octanol–water partition coefficient (Wildman–Crippen LogP) is 2.05. The van der Waals surface area contributed by atoms with E-state index in [4.69, 9.17) is 9.47 Å². The number of anilines is 1. The van der Waals surface area contributed by atoms with Gasteiger partial charge in [-0.15, -0.1) is 0 Å². The van der Waals surface area contributed by atoms with E-state index in [1.165, 1.54) is 0 Å². The van der Waals surface area contributed by atoms with Gasteiger partial charge in [0.2, 0.25) is 0 Å². The van der Waals surface area contributed by atoms with Crippen LogP contribution in [0.25, 0.3) is 0 Å². The summed E-state index contributed by atoms with van der Waals surface area (Å²) in [5.74, 6) is 1.88. The SMILES string of the molecule is CNc1cc(C)nc([C@H]2COCCN2C(=O)c2cccc(OC)c2)n1. The Balaban J connectivity index is 1.93. The third-order valence-electron chi connectivity index (χ3n) is 4.13. The number of hydrogen-bond donors (Lipinski definition) is 1. The quantitative estimate of drug-likeness (QED) is 0.916. The van der Waals surface area contributed by atoms with Gasteiger partial charge in [0.25, 0.3) is 5.91 Å². The Labute approximate surface area is 147 Å². The van der Waals surface area contributed by atoms with Crippen LogP contribution in [0.5, 0.6) is 5.75 Å². The first-order valence-electron chi connectivity index (χ1n) is 8.18. The fourth-order valence-corrected chi connectivity index (χ4v) is 2.85. The molecule has 25 heavy (non-hydrogen) atoms. The van der Waals surface area contributed by atoms with Crippen LogP contribution in [0.3, 0.4) is 0 Å². The first-order valence-corrected chi connectivity index (χ1v) is 8.18. The van der Waals surface area contributed by atoms with Crippen molar-refractivity contribution < 1.29 is 14.3 Å². The highest BCUT2D eigenvalue weighted by Crippen LogP contribution is 2.26. The maximum Gasteiger partial charge on any atom is 0.254 e. The number of methoxy groups -OCH3 is 1. The van der Waals surface area contributed by atoms with Crippen molar-refractivity contribution in [3.8, 4) is 5.75 Å². The number of amides is 1. The van der Waals surface area contributed by atoms with Crippen LogP contribution in [-0.4, -0.2) is 54.7 Å². The Morgan fingerprint density at radius 3 is 2.96 bits per heavy atom. The van der Waals surface area contributed by atoms with Gasteiger partial charge in [-0.2, -0.15) is 0 Å². The molecular formula is C18H22N4O3. The summed E-state index contributed by atoms with van der Waals surface area (Å²) in [4.78, 5) is 23.8. The Kier molecular flexibility index (Phi) is 5.14. The third-order valence-corrected chi connectivity index (χ3v) is 4.13. The van der Waals surface area contributed by atoms with E-state index in [1.807, 2.05) is 32.2 Å². The van der Waals surface area contributed by atoms with Gasteiger partial charge in [0.05, 0.1) is 20.3 Å². The number of aryl methyl sites for hydroxylation is 1. The van der Waals surface area contributed by atoms with Crippen LogP contribution in [0.2, 0.25) is 0 Å². The monoisotopic (exact) mass is 342 g/mol. The summed E-state index contributed by atoms with van der Waals surface area (Å²) in [6.45, 7) is 3.27. The molecule has 132 valence electrons. The van der Waals surface area contributed by atoms with Crippen molar-refractivity contribution in [1.29, 1.82) is 0 Å². The molecule has 0 spiro atoms. The van der Waals surface area contributed by atoms with Crippen molar-refractivity contribution in [2.45, 2.75) is 13.0 Å². The van der Waals surface area contributed by atoms with Gasteiger partial charge in [-0.25, -0.2) is 9.97 Å². The number of nitrogens with one attached hydrogen (secondary N) is 1. The number of carbonyl (C=O) groups excluding carboxylic acids is 1. The van der Waals surface area contributed by atoms with Crippen LogP contribution >= 0.6 is 0 Å². The molecule has 2 heterocycles. The number of carbonyl (C=O) groups is 1. The summed E-state index contributed by atoms with van der Waals surface area (Å²) < 4.78 is 10.8. The van der Waals surface area contributed by atoms with Gasteiger partial charge in [0, 0.05) is 30.9 Å². The molecule has 0 radical (unpaired) electrons. The van der Waals surface area contributed by atoms with Crippen molar-refractivity contribution >= 4 is 11.7 Å². The molecule has 0 aliphatic carbocycles. The van der Waals surface area contributed by atoms with Gasteiger partial charge < -0.3 is 19.7 Å².